The van der Waals surface area contributed by atoms with Crippen LogP contribution in [0.1, 0.15) is 12.5 Å². The van der Waals surface area contributed by atoms with E-state index in [2.05, 4.69) is 51.9 Å². The first-order valence-electron chi connectivity index (χ1n) is 10.5. The van der Waals surface area contributed by atoms with Crippen LogP contribution in [0, 0.1) is 0 Å². The van der Waals surface area contributed by atoms with Crippen molar-refractivity contribution in [1.29, 1.82) is 0 Å². The second-order valence-electron chi connectivity index (χ2n) is 7.04. The van der Waals surface area contributed by atoms with E-state index in [0.29, 0.717) is 29.0 Å². The molecule has 1 aromatic heterocycles. The first kappa shape index (κ1) is 22.4. The number of anilines is 1. The Labute approximate surface area is 197 Å². The Hall–Kier alpha value is -3.84. The molecule has 1 heterocycles. The van der Waals surface area contributed by atoms with Crippen LogP contribution in [0.4, 0.5) is 5.13 Å². The monoisotopic (exact) mass is 459 g/mol. The van der Waals surface area contributed by atoms with Gasteiger partial charge < -0.3 is 14.2 Å². The van der Waals surface area contributed by atoms with Crippen molar-refractivity contribution in [3.63, 3.8) is 0 Å². The first-order valence-corrected chi connectivity index (χ1v) is 11.4. The van der Waals surface area contributed by atoms with E-state index >= 15 is 0 Å². The van der Waals surface area contributed by atoms with Crippen LogP contribution in [0.2, 0.25) is 0 Å². The summed E-state index contributed by atoms with van der Waals surface area (Å²) in [5, 5.41) is 7.04. The maximum Gasteiger partial charge on any atom is 0.203 e. The Morgan fingerprint density at radius 1 is 0.909 bits per heavy atom. The molecular weight excluding hydrogens is 434 g/mol. The highest BCUT2D eigenvalue weighted by molar-refractivity contribution is 7.14. The minimum absolute atomic E-state index is 0.517. The Balaban J connectivity index is 1.45. The molecule has 0 bridgehead atoms. The maximum atomic E-state index is 5.64. The number of ether oxygens (including phenoxy) is 3. The van der Waals surface area contributed by atoms with Crippen molar-refractivity contribution in [2.45, 2.75) is 6.92 Å². The zero-order valence-corrected chi connectivity index (χ0v) is 19.6. The Morgan fingerprint density at radius 3 is 2.18 bits per heavy atom. The minimum atomic E-state index is 0.517. The Morgan fingerprint density at radius 2 is 1.55 bits per heavy atom. The van der Waals surface area contributed by atoms with Gasteiger partial charge in [-0.2, -0.15) is 5.10 Å². The van der Waals surface area contributed by atoms with Crippen molar-refractivity contribution in [3.8, 4) is 39.6 Å². The molecule has 7 heteroatoms. The number of hydrogen-bond acceptors (Lipinski definition) is 7. The third-order valence-corrected chi connectivity index (χ3v) is 5.68. The van der Waals surface area contributed by atoms with Gasteiger partial charge in [0.05, 0.1) is 32.7 Å². The summed E-state index contributed by atoms with van der Waals surface area (Å²) < 4.78 is 16.5. The lowest BCUT2D eigenvalue weighted by Gasteiger charge is -2.14. The second-order valence-corrected chi connectivity index (χ2v) is 7.90. The summed E-state index contributed by atoms with van der Waals surface area (Å²) in [6.45, 7) is 2.43. The van der Waals surface area contributed by atoms with Gasteiger partial charge in [-0.25, -0.2) is 4.98 Å². The number of rotatable bonds is 9. The average Bonchev–Trinajstić information content (AvgIpc) is 3.34. The van der Waals surface area contributed by atoms with Crippen LogP contribution < -0.4 is 19.6 Å². The van der Waals surface area contributed by atoms with E-state index in [0.717, 1.165) is 16.8 Å². The molecule has 1 N–H and O–H groups in total. The molecule has 168 valence electrons. The van der Waals surface area contributed by atoms with Gasteiger partial charge in [-0.15, -0.1) is 11.3 Å². The predicted octanol–water partition coefficient (Wildman–Crippen LogP) is 6.34. The number of nitrogens with one attached hydrogen (secondary N) is 1. The molecule has 4 rings (SSSR count). The fourth-order valence-electron chi connectivity index (χ4n) is 3.35. The number of benzene rings is 3. The van der Waals surface area contributed by atoms with Crippen LogP contribution >= 0.6 is 11.3 Å². The molecule has 33 heavy (non-hydrogen) atoms. The normalized spacial score (nSPS) is 10.9. The zero-order valence-electron chi connectivity index (χ0n) is 18.7. The lowest BCUT2D eigenvalue weighted by molar-refractivity contribution is 0.288. The van der Waals surface area contributed by atoms with Crippen molar-refractivity contribution in [1.82, 2.24) is 4.98 Å². The fourth-order valence-corrected chi connectivity index (χ4v) is 4.01. The largest absolute Gasteiger partial charge is 0.493 e. The third kappa shape index (κ3) is 5.32. The van der Waals surface area contributed by atoms with E-state index in [1.807, 2.05) is 42.6 Å². The van der Waals surface area contributed by atoms with E-state index in [9.17, 15) is 0 Å². The zero-order chi connectivity index (χ0) is 23.0. The van der Waals surface area contributed by atoms with Crippen LogP contribution in [-0.2, 0) is 0 Å². The molecule has 0 saturated carbocycles. The molecule has 0 saturated heterocycles. The Kier molecular flexibility index (Phi) is 7.22. The summed E-state index contributed by atoms with van der Waals surface area (Å²) in [6.07, 6.45) is 1.69. The lowest BCUT2D eigenvalue weighted by Crippen LogP contribution is -2.00. The van der Waals surface area contributed by atoms with Crippen molar-refractivity contribution < 1.29 is 14.2 Å². The number of methoxy groups -OCH3 is 2. The quantitative estimate of drug-likeness (QED) is 0.234. The molecular formula is C26H25N3O3S. The van der Waals surface area contributed by atoms with E-state index in [1.54, 1.807) is 20.4 Å². The molecule has 0 aliphatic heterocycles. The van der Waals surface area contributed by atoms with Crippen LogP contribution in [-0.4, -0.2) is 32.0 Å². The molecule has 0 atom stereocenters. The van der Waals surface area contributed by atoms with Crippen LogP contribution in [0.25, 0.3) is 22.4 Å². The highest BCUT2D eigenvalue weighted by Gasteiger charge is 2.13. The SMILES string of the molecule is CCOc1c(OC)cc(/C=N/Nc2nc(-c3ccc(-c4ccccc4)cc3)cs2)cc1OC. The van der Waals surface area contributed by atoms with Crippen molar-refractivity contribution in [2.75, 3.05) is 26.3 Å². The van der Waals surface area contributed by atoms with Gasteiger partial charge >= 0.3 is 0 Å². The molecule has 0 spiro atoms. The number of aromatic nitrogens is 1. The van der Waals surface area contributed by atoms with Crippen molar-refractivity contribution in [3.05, 3.63) is 77.7 Å². The molecule has 4 aromatic rings. The van der Waals surface area contributed by atoms with Gasteiger partial charge in [0, 0.05) is 16.5 Å². The van der Waals surface area contributed by atoms with Crippen LogP contribution in [0.3, 0.4) is 0 Å². The highest BCUT2D eigenvalue weighted by atomic mass is 32.1. The van der Waals surface area contributed by atoms with Gasteiger partial charge in [-0.05, 0) is 30.2 Å². The third-order valence-electron chi connectivity index (χ3n) is 4.94. The summed E-state index contributed by atoms with van der Waals surface area (Å²) in [7, 11) is 3.19. The molecule has 0 amide bonds. The lowest BCUT2D eigenvalue weighted by atomic mass is 10.0. The molecule has 0 aliphatic carbocycles. The molecule has 6 nitrogen and oxygen atoms in total. The van der Waals surface area contributed by atoms with E-state index in [1.165, 1.54) is 22.5 Å². The molecule has 0 radical (unpaired) electrons. The van der Waals surface area contributed by atoms with Gasteiger partial charge in [0.25, 0.3) is 0 Å². The molecule has 0 unspecified atom stereocenters. The molecule has 3 aromatic carbocycles. The van der Waals surface area contributed by atoms with Crippen molar-refractivity contribution >= 4 is 22.7 Å². The highest BCUT2D eigenvalue weighted by Crippen LogP contribution is 2.38. The number of thiazole rings is 1. The number of nitrogens with zero attached hydrogens (tertiary/aromatic N) is 2. The number of hydrazone groups is 1. The summed E-state index contributed by atoms with van der Waals surface area (Å²) in [4.78, 5) is 4.64. The van der Waals surface area contributed by atoms with Gasteiger partial charge in [-0.3, -0.25) is 5.43 Å². The van der Waals surface area contributed by atoms with E-state index in [4.69, 9.17) is 14.2 Å². The predicted molar refractivity (Wildman–Crippen MR) is 135 cm³/mol. The van der Waals surface area contributed by atoms with Gasteiger partial charge in [-0.1, -0.05) is 54.6 Å². The smallest absolute Gasteiger partial charge is 0.203 e. The topological polar surface area (TPSA) is 65.0 Å². The van der Waals surface area contributed by atoms with Gasteiger partial charge in [0.2, 0.25) is 10.9 Å². The molecule has 0 aliphatic rings. The summed E-state index contributed by atoms with van der Waals surface area (Å²) in [5.74, 6) is 1.76. The summed E-state index contributed by atoms with van der Waals surface area (Å²) in [6, 6.07) is 22.4. The van der Waals surface area contributed by atoms with E-state index < -0.39 is 0 Å². The maximum absolute atomic E-state index is 5.64. The van der Waals surface area contributed by atoms with Crippen molar-refractivity contribution in [2.24, 2.45) is 5.10 Å². The van der Waals surface area contributed by atoms with Gasteiger partial charge in [0.1, 0.15) is 0 Å². The summed E-state index contributed by atoms with van der Waals surface area (Å²) in [5.41, 5.74) is 8.15. The summed E-state index contributed by atoms with van der Waals surface area (Å²) >= 11 is 1.50. The van der Waals surface area contributed by atoms with E-state index in [-0.39, 0.29) is 0 Å². The van der Waals surface area contributed by atoms with Gasteiger partial charge in [0.15, 0.2) is 11.5 Å². The molecule has 0 fully saturated rings. The first-order chi connectivity index (χ1) is 16.2. The number of hydrogen-bond donors (Lipinski definition) is 1. The Bertz CT molecular complexity index is 1200. The van der Waals surface area contributed by atoms with Crippen LogP contribution in [0.5, 0.6) is 17.2 Å². The standard InChI is InChI=1S/C26H25N3O3S/c1-4-32-25-23(30-2)14-18(15-24(25)31-3)16-27-29-26-28-22(17-33-26)21-12-10-20(11-13-21)19-8-6-5-7-9-19/h5-17H,4H2,1-3H3,(H,28,29)/b27-16+. The minimum Gasteiger partial charge on any atom is -0.493 e. The van der Waals surface area contributed by atoms with Crippen LogP contribution in [0.15, 0.2) is 77.2 Å². The average molecular weight is 460 g/mol. The second kappa shape index (κ2) is 10.7. The fraction of sp³-hybridized carbons (Fsp3) is 0.154.